The maximum absolute atomic E-state index is 14.1. The van der Waals surface area contributed by atoms with E-state index in [0.29, 0.717) is 24.2 Å². The number of ketones is 1. The molecule has 4 rings (SSSR count). The summed E-state index contributed by atoms with van der Waals surface area (Å²) in [6.45, 7) is 1.41. The van der Waals surface area contributed by atoms with E-state index in [4.69, 9.17) is 0 Å². The average molecular weight is 393 g/mol. The van der Waals surface area contributed by atoms with Gasteiger partial charge in [0.15, 0.2) is 0 Å². The van der Waals surface area contributed by atoms with E-state index in [2.05, 4.69) is 10.3 Å². The molecule has 1 aromatic heterocycles. The van der Waals surface area contributed by atoms with Crippen molar-refractivity contribution < 1.29 is 18.8 Å². The molecule has 7 heteroatoms. The fraction of sp³-hybridized carbons (Fsp3) is 0.227. The van der Waals surface area contributed by atoms with Crippen molar-refractivity contribution in [3.63, 3.8) is 0 Å². The van der Waals surface area contributed by atoms with Crippen LogP contribution < -0.4 is 5.32 Å². The Kier molecular flexibility index (Phi) is 5.12. The van der Waals surface area contributed by atoms with Gasteiger partial charge in [-0.3, -0.25) is 14.4 Å². The highest BCUT2D eigenvalue weighted by Gasteiger charge is 2.28. The minimum absolute atomic E-state index is 0.0166. The third-order valence-corrected chi connectivity index (χ3v) is 5.25. The summed E-state index contributed by atoms with van der Waals surface area (Å²) in [5, 5.41) is 2.75. The molecule has 2 heterocycles. The van der Waals surface area contributed by atoms with Crippen LogP contribution in [0, 0.1) is 11.7 Å². The van der Waals surface area contributed by atoms with Gasteiger partial charge in [-0.05, 0) is 36.6 Å². The van der Waals surface area contributed by atoms with Crippen molar-refractivity contribution in [1.29, 1.82) is 0 Å². The molecule has 29 heavy (non-hydrogen) atoms. The van der Waals surface area contributed by atoms with Gasteiger partial charge in [0.2, 0.25) is 0 Å². The number of likely N-dealkylation sites (tertiary alicyclic amines) is 1. The molecule has 3 aromatic rings. The van der Waals surface area contributed by atoms with Gasteiger partial charge >= 0.3 is 0 Å². The van der Waals surface area contributed by atoms with E-state index in [1.165, 1.54) is 18.3 Å². The van der Waals surface area contributed by atoms with Crippen LogP contribution in [0.3, 0.4) is 0 Å². The zero-order valence-electron chi connectivity index (χ0n) is 15.7. The van der Waals surface area contributed by atoms with Crippen molar-refractivity contribution >= 4 is 28.5 Å². The number of amides is 2. The Hall–Kier alpha value is -3.48. The van der Waals surface area contributed by atoms with E-state index in [-0.39, 0.29) is 29.3 Å². The molecule has 2 aromatic carbocycles. The van der Waals surface area contributed by atoms with Crippen LogP contribution in [0.4, 0.5) is 4.39 Å². The van der Waals surface area contributed by atoms with E-state index in [0.717, 1.165) is 6.42 Å². The highest BCUT2D eigenvalue weighted by Crippen LogP contribution is 2.22. The van der Waals surface area contributed by atoms with Gasteiger partial charge in [-0.1, -0.05) is 24.3 Å². The summed E-state index contributed by atoms with van der Waals surface area (Å²) >= 11 is 0. The van der Waals surface area contributed by atoms with E-state index < -0.39 is 17.5 Å². The Morgan fingerprint density at radius 1 is 1.10 bits per heavy atom. The lowest BCUT2D eigenvalue weighted by molar-refractivity contribution is -0.117. The van der Waals surface area contributed by atoms with Crippen molar-refractivity contribution in [1.82, 2.24) is 15.2 Å². The molecule has 1 aliphatic rings. The monoisotopic (exact) mass is 393 g/mol. The van der Waals surface area contributed by atoms with Crippen LogP contribution in [0.25, 0.3) is 10.9 Å². The summed E-state index contributed by atoms with van der Waals surface area (Å²) in [6.07, 6.45) is 2.10. The Morgan fingerprint density at radius 3 is 2.69 bits per heavy atom. The minimum atomic E-state index is -0.781. The summed E-state index contributed by atoms with van der Waals surface area (Å²) in [6, 6.07) is 13.5. The number of benzene rings is 2. The summed E-state index contributed by atoms with van der Waals surface area (Å²) in [7, 11) is 0. The molecule has 0 spiro atoms. The second kappa shape index (κ2) is 7.87. The highest BCUT2D eigenvalue weighted by atomic mass is 19.1. The lowest BCUT2D eigenvalue weighted by Crippen LogP contribution is -2.36. The maximum atomic E-state index is 14.1. The van der Waals surface area contributed by atoms with Crippen LogP contribution in [0.15, 0.2) is 54.7 Å². The predicted molar refractivity (Wildman–Crippen MR) is 106 cm³/mol. The normalized spacial score (nSPS) is 16.2. The van der Waals surface area contributed by atoms with E-state index >= 15 is 0 Å². The molecule has 0 radical (unpaired) electrons. The molecule has 6 nitrogen and oxygen atoms in total. The number of aromatic nitrogens is 1. The number of fused-ring (bicyclic) bond motifs is 1. The predicted octanol–water partition coefficient (Wildman–Crippen LogP) is 2.77. The number of aromatic amines is 1. The lowest BCUT2D eigenvalue weighted by Gasteiger charge is -2.16. The second-order valence-electron chi connectivity index (χ2n) is 7.18. The van der Waals surface area contributed by atoms with Gasteiger partial charge in [-0.15, -0.1) is 0 Å². The first-order chi connectivity index (χ1) is 14.0. The zero-order valence-corrected chi connectivity index (χ0v) is 15.7. The van der Waals surface area contributed by atoms with Crippen LogP contribution in [-0.4, -0.2) is 47.1 Å². The Balaban J connectivity index is 1.35. The van der Waals surface area contributed by atoms with Crippen LogP contribution >= 0.6 is 0 Å². The highest BCUT2D eigenvalue weighted by molar-refractivity contribution is 6.45. The van der Waals surface area contributed by atoms with Gasteiger partial charge < -0.3 is 15.2 Å². The maximum Gasteiger partial charge on any atom is 0.292 e. The summed E-state index contributed by atoms with van der Waals surface area (Å²) in [4.78, 5) is 41.8. The smallest absolute Gasteiger partial charge is 0.292 e. The molecule has 2 N–H and O–H groups in total. The molecular formula is C22H20FN3O3. The fourth-order valence-electron chi connectivity index (χ4n) is 3.71. The third kappa shape index (κ3) is 3.76. The van der Waals surface area contributed by atoms with Crippen LogP contribution in [-0.2, 0) is 4.79 Å². The number of nitrogens with one attached hydrogen (secondary N) is 2. The molecule has 0 aliphatic carbocycles. The molecule has 1 aliphatic heterocycles. The zero-order chi connectivity index (χ0) is 20.4. The van der Waals surface area contributed by atoms with Gasteiger partial charge in [0.1, 0.15) is 5.82 Å². The van der Waals surface area contributed by atoms with E-state index in [9.17, 15) is 18.8 Å². The van der Waals surface area contributed by atoms with Gasteiger partial charge in [0, 0.05) is 42.3 Å². The van der Waals surface area contributed by atoms with Gasteiger partial charge in [0.05, 0.1) is 5.56 Å². The molecule has 1 saturated heterocycles. The van der Waals surface area contributed by atoms with E-state index in [1.54, 1.807) is 23.1 Å². The number of carbonyl (C=O) groups is 3. The number of halogens is 1. The van der Waals surface area contributed by atoms with Gasteiger partial charge in [-0.2, -0.15) is 0 Å². The Bertz CT molecular complexity index is 1080. The van der Waals surface area contributed by atoms with E-state index in [1.807, 2.05) is 18.2 Å². The van der Waals surface area contributed by atoms with Gasteiger partial charge in [0.25, 0.3) is 17.6 Å². The van der Waals surface area contributed by atoms with Gasteiger partial charge in [-0.25, -0.2) is 4.39 Å². The first kappa shape index (κ1) is 18.9. The topological polar surface area (TPSA) is 82.3 Å². The first-order valence-corrected chi connectivity index (χ1v) is 9.47. The van der Waals surface area contributed by atoms with Crippen molar-refractivity contribution in [2.75, 3.05) is 19.6 Å². The average Bonchev–Trinajstić information content (AvgIpc) is 3.39. The fourth-order valence-corrected chi connectivity index (χ4v) is 3.71. The van der Waals surface area contributed by atoms with Crippen molar-refractivity contribution in [3.05, 3.63) is 71.7 Å². The first-order valence-electron chi connectivity index (χ1n) is 9.47. The number of nitrogens with zero attached hydrogens (tertiary/aromatic N) is 1. The molecule has 1 fully saturated rings. The second-order valence-corrected chi connectivity index (χ2v) is 7.18. The third-order valence-electron chi connectivity index (χ3n) is 5.25. The molecule has 148 valence electrons. The van der Waals surface area contributed by atoms with Crippen molar-refractivity contribution in [3.8, 4) is 0 Å². The molecule has 1 unspecified atom stereocenters. The Morgan fingerprint density at radius 2 is 1.90 bits per heavy atom. The summed E-state index contributed by atoms with van der Waals surface area (Å²) in [5.41, 5.74) is 1.11. The lowest BCUT2D eigenvalue weighted by atomic mass is 10.1. The number of rotatable bonds is 5. The minimum Gasteiger partial charge on any atom is -0.360 e. The number of hydrogen-bond acceptors (Lipinski definition) is 3. The van der Waals surface area contributed by atoms with Crippen LogP contribution in [0.2, 0.25) is 0 Å². The molecule has 1 atom stereocenters. The SMILES string of the molecule is O=C(NCC1CCN(C(=O)c2ccccc2)C1)C(=O)c1c[nH]c2cccc(F)c12. The Labute approximate surface area is 166 Å². The largest absolute Gasteiger partial charge is 0.360 e. The van der Waals surface area contributed by atoms with Crippen molar-refractivity contribution in [2.24, 2.45) is 5.92 Å². The molecule has 0 saturated carbocycles. The number of carbonyl (C=O) groups excluding carboxylic acids is 3. The summed E-state index contributed by atoms with van der Waals surface area (Å²) < 4.78 is 14.1. The van der Waals surface area contributed by atoms with Crippen molar-refractivity contribution in [2.45, 2.75) is 6.42 Å². The quantitative estimate of drug-likeness (QED) is 0.517. The van der Waals surface area contributed by atoms with Crippen LogP contribution in [0.1, 0.15) is 27.1 Å². The summed E-state index contributed by atoms with van der Waals surface area (Å²) in [5.74, 6) is -2.08. The number of H-pyrrole nitrogens is 1. The number of Topliss-reactive ketones (excluding diaryl/α,β-unsaturated/α-hetero) is 1. The molecule has 2 amide bonds. The molecular weight excluding hydrogens is 373 g/mol. The standard InChI is InChI=1S/C22H20FN3O3/c23-17-7-4-8-18-19(17)16(12-24-18)20(27)21(28)25-11-14-9-10-26(13-14)22(29)15-5-2-1-3-6-15/h1-8,12,14,24H,9-11,13H2,(H,25,28). The molecule has 0 bridgehead atoms. The number of hydrogen-bond donors (Lipinski definition) is 2. The van der Waals surface area contributed by atoms with Crippen LogP contribution in [0.5, 0.6) is 0 Å².